The van der Waals surface area contributed by atoms with Gasteiger partial charge in [-0.15, -0.1) is 0 Å². The van der Waals surface area contributed by atoms with Crippen molar-refractivity contribution in [2.24, 2.45) is 29.1 Å². The molecule has 1 N–H and O–H groups in total. The van der Waals surface area contributed by atoms with Crippen LogP contribution in [0.25, 0.3) is 0 Å². The Labute approximate surface area is 380 Å². The van der Waals surface area contributed by atoms with E-state index in [0.29, 0.717) is 5.41 Å². The number of rotatable bonds is 2. The van der Waals surface area contributed by atoms with Crippen LogP contribution in [0.5, 0.6) is 0 Å². The second-order valence-corrected chi connectivity index (χ2v) is 22.7. The molecule has 0 radical (unpaired) electrons. The van der Waals surface area contributed by atoms with Gasteiger partial charge in [0.25, 0.3) is 10.1 Å². The zero-order chi connectivity index (χ0) is 47.7. The standard InChI is InChI=1S/C8H10O3S.C8H10.C7H14.C6H13NO.C6H12.C5H11NO.C5H12.C4H8.C4H10/c1-7-3-5-8(6-4-7)12(9,10)11-2;1-7-3-5-8(2)6-4-7;1-7-5-3-2-4-6-7;1-5(8)7-6(2,3)4;1-6-4-2-3-5-6;1-6-2-4-7-5-3-6;1-5(2,3)4;1-4-2-3-4;1-4(2)3/h3-6H,1-2H3;3-6H,1-2H3;7H,2-6H2,1H3;1-4H3,(H,7,8);6H,2-5H2,1H3;2-5H2,1H3;1-4H3;4H,2-3H2,1H3;4H,1-3H3. The fourth-order valence-electron chi connectivity index (χ4n) is 5.22. The molecule has 1 saturated heterocycles. The van der Waals surface area contributed by atoms with Crippen molar-refractivity contribution in [2.45, 2.75) is 199 Å². The fraction of sp³-hybridized carbons (Fsp3) is 0.755. The van der Waals surface area contributed by atoms with Crippen molar-refractivity contribution in [2.75, 3.05) is 40.5 Å². The van der Waals surface area contributed by atoms with Crippen molar-refractivity contribution in [1.29, 1.82) is 0 Å². The van der Waals surface area contributed by atoms with E-state index in [1.54, 1.807) is 12.1 Å². The summed E-state index contributed by atoms with van der Waals surface area (Å²) < 4.78 is 31.6. The first-order valence-corrected chi connectivity index (χ1v) is 24.9. The molecule has 358 valence electrons. The molecule has 3 saturated carbocycles. The largest absolute Gasteiger partial charge is 0.379 e. The minimum atomic E-state index is -3.51. The summed E-state index contributed by atoms with van der Waals surface area (Å²) >= 11 is 0. The molecule has 1 amide bonds. The maximum absolute atomic E-state index is 11.1. The molecular formula is C53H100N2O5S. The van der Waals surface area contributed by atoms with E-state index >= 15 is 0 Å². The number of carbonyl (C=O) groups excluding carboxylic acids is 1. The van der Waals surface area contributed by atoms with Crippen LogP contribution in [-0.4, -0.2) is 65.2 Å². The van der Waals surface area contributed by atoms with Crippen molar-refractivity contribution >= 4 is 16.0 Å². The van der Waals surface area contributed by atoms with E-state index in [-0.39, 0.29) is 16.3 Å². The lowest BCUT2D eigenvalue weighted by Gasteiger charge is -2.21. The van der Waals surface area contributed by atoms with E-state index < -0.39 is 10.1 Å². The van der Waals surface area contributed by atoms with Gasteiger partial charge in [-0.3, -0.25) is 8.98 Å². The SMILES string of the molecule is CC(=O)NC(C)(C)C.CC(C)(C)C.CC(C)C.CC1CC1.CC1CCCC1.CC1CCCCC1.CN1CCOCC1.COS(=O)(=O)c1ccc(C)cc1.Cc1ccc(C)cc1. The Bertz CT molecular complexity index is 1340. The van der Waals surface area contributed by atoms with Gasteiger partial charge in [-0.05, 0) is 89.8 Å². The summed E-state index contributed by atoms with van der Waals surface area (Å²) in [5.41, 5.74) is 4.10. The molecule has 2 aromatic rings. The van der Waals surface area contributed by atoms with E-state index in [2.05, 4.69) is 129 Å². The van der Waals surface area contributed by atoms with Crippen LogP contribution in [0, 0.1) is 49.9 Å². The number of nitrogens with one attached hydrogen (secondary N) is 1. The molecular weight excluding hydrogens is 777 g/mol. The Hall–Kier alpha value is -2.26. The number of nitrogens with zero attached hydrogens (tertiary/aromatic N) is 1. The third-order valence-electron chi connectivity index (χ3n) is 8.94. The van der Waals surface area contributed by atoms with Crippen molar-refractivity contribution in [3.63, 3.8) is 0 Å². The summed E-state index contributed by atoms with van der Waals surface area (Å²) in [5, 5.41) is 2.74. The van der Waals surface area contributed by atoms with Crippen LogP contribution in [0.2, 0.25) is 0 Å². The van der Waals surface area contributed by atoms with Crippen molar-refractivity contribution in [3.05, 3.63) is 65.2 Å². The Morgan fingerprint density at radius 2 is 0.951 bits per heavy atom. The molecule has 1 heterocycles. The summed E-state index contributed by atoms with van der Waals surface area (Å²) in [4.78, 5) is 12.8. The number of carbonyl (C=O) groups is 1. The molecule has 6 rings (SSSR count). The number of hydrogen-bond donors (Lipinski definition) is 1. The molecule has 0 spiro atoms. The van der Waals surface area contributed by atoms with Crippen LogP contribution in [0.3, 0.4) is 0 Å². The van der Waals surface area contributed by atoms with Crippen LogP contribution in [0.1, 0.15) is 184 Å². The minimum Gasteiger partial charge on any atom is -0.379 e. The van der Waals surface area contributed by atoms with Gasteiger partial charge in [-0.2, -0.15) is 8.42 Å². The van der Waals surface area contributed by atoms with Crippen molar-refractivity contribution in [1.82, 2.24) is 10.2 Å². The van der Waals surface area contributed by atoms with Crippen LogP contribution < -0.4 is 5.32 Å². The first-order valence-electron chi connectivity index (χ1n) is 23.5. The number of amides is 1. The van der Waals surface area contributed by atoms with E-state index in [4.69, 9.17) is 4.74 Å². The summed E-state index contributed by atoms with van der Waals surface area (Å²) in [5.74, 6) is 4.02. The molecule has 2 aromatic carbocycles. The summed E-state index contributed by atoms with van der Waals surface area (Å²) in [7, 11) is -0.253. The number of benzene rings is 2. The molecule has 4 aliphatic rings. The Kier molecular flexibility index (Phi) is 37.3. The van der Waals surface area contributed by atoms with Crippen LogP contribution in [0.4, 0.5) is 0 Å². The normalized spacial score (nSPS) is 16.5. The molecule has 4 fully saturated rings. The first kappa shape index (κ1) is 63.0. The number of hydrogen-bond acceptors (Lipinski definition) is 6. The monoisotopic (exact) mass is 877 g/mol. The van der Waals surface area contributed by atoms with Crippen LogP contribution in [0.15, 0.2) is 53.4 Å². The van der Waals surface area contributed by atoms with E-state index in [9.17, 15) is 13.2 Å². The Balaban J connectivity index is -0.000000632. The quantitative estimate of drug-likeness (QED) is 0.303. The molecule has 8 heteroatoms. The predicted octanol–water partition coefficient (Wildman–Crippen LogP) is 14.4. The second-order valence-electron chi connectivity index (χ2n) is 21.0. The van der Waals surface area contributed by atoms with Crippen molar-refractivity contribution in [3.8, 4) is 0 Å². The molecule has 0 unspecified atom stereocenters. The lowest BCUT2D eigenvalue weighted by molar-refractivity contribution is -0.120. The van der Waals surface area contributed by atoms with Gasteiger partial charge >= 0.3 is 0 Å². The van der Waals surface area contributed by atoms with Gasteiger partial charge in [-0.25, -0.2) is 0 Å². The topological polar surface area (TPSA) is 84.9 Å². The molecule has 0 atom stereocenters. The zero-order valence-electron chi connectivity index (χ0n) is 43.4. The zero-order valence-corrected chi connectivity index (χ0v) is 44.2. The maximum atomic E-state index is 11.1. The van der Waals surface area contributed by atoms with Crippen molar-refractivity contribution < 1.29 is 22.1 Å². The van der Waals surface area contributed by atoms with E-state index in [1.807, 2.05) is 27.7 Å². The third kappa shape index (κ3) is 53.8. The van der Waals surface area contributed by atoms with E-state index in [0.717, 1.165) is 62.6 Å². The molecule has 61 heavy (non-hydrogen) atoms. The summed E-state index contributed by atoms with van der Waals surface area (Å²) in [6.45, 7) is 39.7. The van der Waals surface area contributed by atoms with Gasteiger partial charge in [0.2, 0.25) is 5.91 Å². The highest BCUT2D eigenvalue weighted by Crippen LogP contribution is 2.26. The van der Waals surface area contributed by atoms with Crippen LogP contribution in [-0.2, 0) is 23.8 Å². The predicted molar refractivity (Wildman–Crippen MR) is 267 cm³/mol. The van der Waals surface area contributed by atoms with Crippen LogP contribution >= 0.6 is 0 Å². The molecule has 1 aliphatic heterocycles. The lowest BCUT2D eigenvalue weighted by atomic mass is 9.91. The molecule has 3 aliphatic carbocycles. The summed E-state index contributed by atoms with van der Waals surface area (Å²) in [6.07, 6.45) is 16.4. The van der Waals surface area contributed by atoms with Gasteiger partial charge < -0.3 is 15.0 Å². The van der Waals surface area contributed by atoms with Gasteiger partial charge in [-0.1, -0.05) is 193 Å². The molecule has 0 bridgehead atoms. The third-order valence-corrected chi connectivity index (χ3v) is 10.2. The van der Waals surface area contributed by atoms with Gasteiger partial charge in [0, 0.05) is 25.6 Å². The van der Waals surface area contributed by atoms with E-state index in [1.165, 1.54) is 101 Å². The maximum Gasteiger partial charge on any atom is 0.296 e. The number of ether oxygens (including phenoxy) is 1. The first-order chi connectivity index (χ1) is 28.1. The van der Waals surface area contributed by atoms with Gasteiger partial charge in [0.05, 0.1) is 25.2 Å². The fourth-order valence-corrected chi connectivity index (χ4v) is 5.89. The van der Waals surface area contributed by atoms with Gasteiger partial charge in [0.1, 0.15) is 0 Å². The second kappa shape index (κ2) is 36.1. The number of aryl methyl sites for hydroxylation is 3. The highest BCUT2D eigenvalue weighted by Gasteiger charge is 2.13. The number of likely N-dealkylation sites (N-methyl/N-ethyl adjacent to an activating group) is 1. The average molecular weight is 877 g/mol. The number of morpholine rings is 1. The Morgan fingerprint density at radius 1 is 0.656 bits per heavy atom. The average Bonchev–Trinajstić information content (AvgIpc) is 3.78. The Morgan fingerprint density at radius 3 is 1.11 bits per heavy atom. The smallest absolute Gasteiger partial charge is 0.296 e. The molecule has 0 aromatic heterocycles. The highest BCUT2D eigenvalue weighted by atomic mass is 32.2. The lowest BCUT2D eigenvalue weighted by Crippen LogP contribution is -2.38. The molecule has 7 nitrogen and oxygen atoms in total. The van der Waals surface area contributed by atoms with Gasteiger partial charge in [0.15, 0.2) is 0 Å². The highest BCUT2D eigenvalue weighted by molar-refractivity contribution is 7.86. The minimum absolute atomic E-state index is 0.0255. The summed E-state index contributed by atoms with van der Waals surface area (Å²) in [6, 6.07) is 15.0.